The molecule has 11 nitrogen and oxygen atoms in total. The number of rotatable bonds is 8. The number of ether oxygens (including phenoxy) is 1. The molecule has 0 aliphatic carbocycles. The van der Waals surface area contributed by atoms with Crippen molar-refractivity contribution < 1.29 is 37.7 Å². The van der Waals surface area contributed by atoms with Crippen LogP contribution in [0.15, 0.2) is 24.3 Å². The zero-order chi connectivity index (χ0) is 26.7. The Bertz CT molecular complexity index is 1130. The van der Waals surface area contributed by atoms with Gasteiger partial charge in [-0.3, -0.25) is 15.0 Å². The number of carbonyl (C=O) groups excluding carboxylic acids is 2. The fraction of sp³-hybridized carbons (Fsp3) is 0.522. The Kier molecular flexibility index (Phi) is 7.78. The predicted molar refractivity (Wildman–Crippen MR) is 126 cm³/mol. The van der Waals surface area contributed by atoms with Crippen molar-refractivity contribution in [3.05, 3.63) is 30.0 Å². The number of ketones is 1. The molecule has 0 spiro atoms. The van der Waals surface area contributed by atoms with Crippen LogP contribution in [0.3, 0.4) is 0 Å². The van der Waals surface area contributed by atoms with Gasteiger partial charge in [-0.25, -0.2) is 9.78 Å². The first-order chi connectivity index (χ1) is 17.6. The van der Waals surface area contributed by atoms with Gasteiger partial charge in [0.05, 0.1) is 24.3 Å². The molecule has 4 heterocycles. The third-order valence-electron chi connectivity index (χ3n) is 6.25. The van der Waals surface area contributed by atoms with E-state index in [-0.39, 0.29) is 35.9 Å². The number of fused-ring (bicyclic) bond motifs is 4. The minimum Gasteiger partial charge on any atom is -0.474 e. The van der Waals surface area contributed by atoms with Crippen LogP contribution in [0.25, 0.3) is 0 Å². The highest BCUT2D eigenvalue weighted by Crippen LogP contribution is 2.39. The minimum absolute atomic E-state index is 0.0784. The molecule has 0 saturated carbocycles. The van der Waals surface area contributed by atoms with Crippen LogP contribution in [0.1, 0.15) is 36.7 Å². The van der Waals surface area contributed by atoms with Gasteiger partial charge >= 0.3 is 12.2 Å². The Balaban J connectivity index is 1.54. The molecule has 2 aromatic rings. The topological polar surface area (TPSA) is 141 Å². The molecule has 37 heavy (non-hydrogen) atoms. The van der Waals surface area contributed by atoms with Crippen molar-refractivity contribution in [2.45, 2.75) is 44.5 Å². The molecule has 2 aromatic heterocycles. The maximum Gasteiger partial charge on any atom is 0.391 e. The standard InChI is InChI=1S/C23H27F3N6O5/c1-13(23(24,25)26)9-18(35)16-4-5-17-21(27-16)32(14-3-2-8-31(17)10-14)22(36)28-19-6-7-20(30-29-19)37-12-15(34)11-33/h4-7,13-15,33-34H,2-3,8-12H2,1H3,(H,28,29,36)/t13-,14-,15+/m0/s1. The molecule has 2 aliphatic heterocycles. The molecule has 0 radical (unpaired) electrons. The number of pyridine rings is 1. The predicted octanol–water partition coefficient (Wildman–Crippen LogP) is 2.40. The van der Waals surface area contributed by atoms with Crippen LogP contribution in [0, 0.1) is 5.92 Å². The summed E-state index contributed by atoms with van der Waals surface area (Å²) in [4.78, 5) is 33.7. The van der Waals surface area contributed by atoms with Gasteiger partial charge in [-0.2, -0.15) is 13.2 Å². The molecule has 1 fully saturated rings. The first-order valence-electron chi connectivity index (χ1n) is 11.8. The summed E-state index contributed by atoms with van der Waals surface area (Å²) in [7, 11) is 0. The summed E-state index contributed by atoms with van der Waals surface area (Å²) in [6.07, 6.45) is -4.81. The Morgan fingerprint density at radius 1 is 1.24 bits per heavy atom. The van der Waals surface area contributed by atoms with Crippen LogP contribution >= 0.6 is 0 Å². The van der Waals surface area contributed by atoms with Crippen molar-refractivity contribution in [1.29, 1.82) is 0 Å². The summed E-state index contributed by atoms with van der Waals surface area (Å²) >= 11 is 0. The SMILES string of the molecule is C[C@@H](CC(=O)c1ccc2c(n1)N(C(=O)Nc1ccc(OC[C@H](O)CO)nn1)[C@H]1CCCN2C1)C(F)(F)F. The van der Waals surface area contributed by atoms with Crippen molar-refractivity contribution in [2.24, 2.45) is 5.92 Å². The van der Waals surface area contributed by atoms with Gasteiger partial charge in [0.15, 0.2) is 17.4 Å². The van der Waals surface area contributed by atoms with Crippen LogP contribution in [-0.2, 0) is 0 Å². The largest absolute Gasteiger partial charge is 0.474 e. The maximum absolute atomic E-state index is 13.3. The number of aliphatic hydroxyl groups is 2. The Labute approximate surface area is 210 Å². The summed E-state index contributed by atoms with van der Waals surface area (Å²) in [5.41, 5.74) is 0.476. The lowest BCUT2D eigenvalue weighted by molar-refractivity contribution is -0.168. The number of carbonyl (C=O) groups is 2. The molecular formula is C23H27F3N6O5. The van der Waals surface area contributed by atoms with Gasteiger partial charge in [0, 0.05) is 25.6 Å². The lowest BCUT2D eigenvalue weighted by Crippen LogP contribution is -2.56. The molecule has 200 valence electrons. The van der Waals surface area contributed by atoms with E-state index >= 15 is 0 Å². The molecule has 2 bridgehead atoms. The number of Topliss-reactive ketones (excluding diaryl/α,β-unsaturated/α-hetero) is 1. The van der Waals surface area contributed by atoms with E-state index in [2.05, 4.69) is 20.5 Å². The van der Waals surface area contributed by atoms with Crippen molar-refractivity contribution in [3.63, 3.8) is 0 Å². The van der Waals surface area contributed by atoms with E-state index < -0.39 is 43.0 Å². The van der Waals surface area contributed by atoms with Gasteiger partial charge in [-0.05, 0) is 31.0 Å². The van der Waals surface area contributed by atoms with Crippen LogP contribution < -0.4 is 19.9 Å². The zero-order valence-electron chi connectivity index (χ0n) is 20.0. The van der Waals surface area contributed by atoms with Crippen LogP contribution in [-0.4, -0.2) is 81.8 Å². The molecule has 1 saturated heterocycles. The zero-order valence-corrected chi connectivity index (χ0v) is 20.0. The number of amides is 2. The van der Waals surface area contributed by atoms with Crippen molar-refractivity contribution >= 4 is 29.1 Å². The normalized spacial score (nSPS) is 18.6. The number of anilines is 3. The average molecular weight is 525 g/mol. The van der Waals surface area contributed by atoms with E-state index in [9.17, 15) is 27.9 Å². The van der Waals surface area contributed by atoms with Crippen LogP contribution in [0.5, 0.6) is 5.88 Å². The van der Waals surface area contributed by atoms with E-state index in [0.717, 1.165) is 19.9 Å². The second kappa shape index (κ2) is 10.8. The molecule has 3 N–H and O–H groups in total. The summed E-state index contributed by atoms with van der Waals surface area (Å²) < 4.78 is 44.1. The number of halogens is 3. The monoisotopic (exact) mass is 524 g/mol. The molecule has 4 rings (SSSR count). The number of aliphatic hydroxyl groups excluding tert-OH is 2. The van der Waals surface area contributed by atoms with Gasteiger partial charge in [-0.15, -0.1) is 10.2 Å². The van der Waals surface area contributed by atoms with Crippen molar-refractivity contribution in [2.75, 3.05) is 41.4 Å². The van der Waals surface area contributed by atoms with Gasteiger partial charge in [0.1, 0.15) is 18.4 Å². The highest BCUT2D eigenvalue weighted by molar-refractivity contribution is 6.04. The maximum atomic E-state index is 13.3. The fourth-order valence-electron chi connectivity index (χ4n) is 4.21. The molecule has 0 unspecified atom stereocenters. The number of alkyl halides is 3. The number of urea groups is 1. The summed E-state index contributed by atoms with van der Waals surface area (Å²) in [6, 6.07) is 5.04. The van der Waals surface area contributed by atoms with Gasteiger partial charge in [0.25, 0.3) is 0 Å². The van der Waals surface area contributed by atoms with Crippen molar-refractivity contribution in [3.8, 4) is 5.88 Å². The molecule has 2 aliphatic rings. The quantitative estimate of drug-likeness (QED) is 0.444. The lowest BCUT2D eigenvalue weighted by atomic mass is 9.98. The minimum atomic E-state index is -4.50. The van der Waals surface area contributed by atoms with E-state index in [0.29, 0.717) is 18.7 Å². The van der Waals surface area contributed by atoms with Crippen molar-refractivity contribution in [1.82, 2.24) is 15.2 Å². The number of hydrogen-bond donors (Lipinski definition) is 3. The first kappa shape index (κ1) is 26.5. The second-order valence-corrected chi connectivity index (χ2v) is 9.06. The average Bonchev–Trinajstić information content (AvgIpc) is 2.87. The second-order valence-electron chi connectivity index (χ2n) is 9.06. The molecular weight excluding hydrogens is 497 g/mol. The Morgan fingerprint density at radius 3 is 2.70 bits per heavy atom. The van der Waals surface area contributed by atoms with Gasteiger partial charge < -0.3 is 19.8 Å². The first-order valence-corrected chi connectivity index (χ1v) is 11.8. The molecule has 0 aromatic carbocycles. The molecule has 3 atom stereocenters. The highest BCUT2D eigenvalue weighted by Gasteiger charge is 2.40. The number of nitrogens with zero attached hydrogens (tertiary/aromatic N) is 5. The lowest BCUT2D eigenvalue weighted by Gasteiger charge is -2.45. The third kappa shape index (κ3) is 6.07. The molecule has 2 amide bonds. The van der Waals surface area contributed by atoms with Gasteiger partial charge in [0.2, 0.25) is 5.88 Å². The number of hydrogen-bond acceptors (Lipinski definition) is 9. The molecule has 14 heteroatoms. The van der Waals surface area contributed by atoms with E-state index in [1.165, 1.54) is 23.1 Å². The fourth-order valence-corrected chi connectivity index (χ4v) is 4.21. The number of piperidine rings is 1. The van der Waals surface area contributed by atoms with Crippen LogP contribution in [0.4, 0.5) is 35.3 Å². The Hall–Kier alpha value is -3.52. The Morgan fingerprint density at radius 2 is 2.03 bits per heavy atom. The number of nitrogens with one attached hydrogen (secondary N) is 1. The smallest absolute Gasteiger partial charge is 0.391 e. The van der Waals surface area contributed by atoms with E-state index in [1.807, 2.05) is 4.90 Å². The third-order valence-corrected chi connectivity index (χ3v) is 6.25. The number of aromatic nitrogens is 3. The summed E-state index contributed by atoms with van der Waals surface area (Å²) in [5.74, 6) is -2.20. The van der Waals surface area contributed by atoms with Crippen LogP contribution in [0.2, 0.25) is 0 Å². The van der Waals surface area contributed by atoms with E-state index in [4.69, 9.17) is 9.84 Å². The van der Waals surface area contributed by atoms with E-state index in [1.54, 1.807) is 6.07 Å². The summed E-state index contributed by atoms with van der Waals surface area (Å²) in [5, 5.41) is 28.5. The summed E-state index contributed by atoms with van der Waals surface area (Å²) in [6.45, 7) is 1.57. The van der Waals surface area contributed by atoms with Gasteiger partial charge in [-0.1, -0.05) is 6.92 Å². The highest BCUT2D eigenvalue weighted by atomic mass is 19.4.